The molecule has 2 fully saturated rings. The van der Waals surface area contributed by atoms with E-state index in [9.17, 15) is 23.9 Å². The number of amides is 2. The van der Waals surface area contributed by atoms with Gasteiger partial charge in [-0.25, -0.2) is 9.18 Å². The second-order valence-electron chi connectivity index (χ2n) is 6.44. The summed E-state index contributed by atoms with van der Waals surface area (Å²) in [5.41, 5.74) is 6.58. The van der Waals surface area contributed by atoms with Crippen molar-refractivity contribution in [1.29, 1.82) is 0 Å². The molecular formula is C18H16FN3O4S. The Bertz CT molecular complexity index is 929. The van der Waals surface area contributed by atoms with E-state index in [0.29, 0.717) is 29.9 Å². The van der Waals surface area contributed by atoms with E-state index in [0.717, 1.165) is 0 Å². The van der Waals surface area contributed by atoms with Gasteiger partial charge in [0, 0.05) is 17.9 Å². The Labute approximate surface area is 158 Å². The lowest BCUT2D eigenvalue weighted by Crippen LogP contribution is -2.68. The zero-order valence-electron chi connectivity index (χ0n) is 14.1. The van der Waals surface area contributed by atoms with Crippen molar-refractivity contribution in [2.45, 2.75) is 17.8 Å². The maximum Gasteiger partial charge on any atom is 0.352 e. The molecule has 0 bridgehead atoms. The summed E-state index contributed by atoms with van der Waals surface area (Å²) >= 11 is 1.37. The molecule has 2 atom stereocenters. The summed E-state index contributed by atoms with van der Waals surface area (Å²) in [6.07, 6.45) is 1.89. The lowest BCUT2D eigenvalue weighted by Gasteiger charge is -2.47. The first kappa shape index (κ1) is 17.7. The maximum absolute atomic E-state index is 14.0. The molecule has 140 valence electrons. The van der Waals surface area contributed by atoms with Gasteiger partial charge in [0.05, 0.1) is 5.69 Å². The van der Waals surface area contributed by atoms with Gasteiger partial charge in [-0.3, -0.25) is 14.5 Å². The Morgan fingerprint density at radius 3 is 2.78 bits per heavy atom. The van der Waals surface area contributed by atoms with E-state index in [1.54, 1.807) is 12.1 Å². The Morgan fingerprint density at radius 2 is 2.07 bits per heavy atom. The number of rotatable bonds is 3. The van der Waals surface area contributed by atoms with Gasteiger partial charge in [-0.15, -0.1) is 11.8 Å². The molecule has 0 unspecified atom stereocenters. The number of hydrogen-bond acceptors (Lipinski definition) is 5. The van der Waals surface area contributed by atoms with Crippen LogP contribution in [0.3, 0.4) is 0 Å². The van der Waals surface area contributed by atoms with Crippen LogP contribution in [0.5, 0.6) is 0 Å². The van der Waals surface area contributed by atoms with Crippen molar-refractivity contribution in [3.63, 3.8) is 0 Å². The monoisotopic (exact) mass is 389 g/mol. The maximum atomic E-state index is 14.0. The van der Waals surface area contributed by atoms with E-state index in [2.05, 4.69) is 0 Å². The van der Waals surface area contributed by atoms with Crippen LogP contribution in [0.25, 0.3) is 0 Å². The molecule has 0 spiro atoms. The fraction of sp³-hybridized carbons (Fsp3) is 0.278. The van der Waals surface area contributed by atoms with Crippen LogP contribution >= 0.6 is 11.8 Å². The molecule has 0 aliphatic carbocycles. The lowest BCUT2D eigenvalue weighted by molar-refractivity contribution is -0.147. The predicted molar refractivity (Wildman–Crippen MR) is 97.2 cm³/mol. The van der Waals surface area contributed by atoms with Gasteiger partial charge in [0.25, 0.3) is 5.91 Å². The minimum atomic E-state index is -1.23. The van der Waals surface area contributed by atoms with Gasteiger partial charge in [-0.05, 0) is 30.2 Å². The average Bonchev–Trinajstić information content (AvgIpc) is 3.01. The number of carbonyl (C=O) groups is 3. The van der Waals surface area contributed by atoms with Gasteiger partial charge in [0.1, 0.15) is 22.9 Å². The molecule has 1 aromatic carbocycles. The molecule has 0 radical (unpaired) electrons. The topological polar surface area (TPSA) is 104 Å². The number of thioether (sulfide) groups is 1. The van der Waals surface area contributed by atoms with Crippen LogP contribution in [0.4, 0.5) is 10.1 Å². The smallest absolute Gasteiger partial charge is 0.352 e. The number of aliphatic carboxylic acids is 1. The summed E-state index contributed by atoms with van der Waals surface area (Å²) < 4.78 is 14.0. The molecule has 0 aromatic heterocycles. The number of β-lactam (4-membered cyclic amide) rings is 1. The molecule has 27 heavy (non-hydrogen) atoms. The SMILES string of the molecule is N[C@@H]1C(=O)N2C(C(=O)O)=C(/C=C3\CCN(c4ccccc4F)C3=O)CS[C@H]12. The largest absolute Gasteiger partial charge is 0.477 e. The van der Waals surface area contributed by atoms with Crippen LogP contribution < -0.4 is 10.6 Å². The number of anilines is 1. The van der Waals surface area contributed by atoms with Gasteiger partial charge in [0.2, 0.25) is 5.91 Å². The van der Waals surface area contributed by atoms with E-state index in [1.165, 1.54) is 39.8 Å². The molecule has 3 N–H and O–H groups in total. The van der Waals surface area contributed by atoms with Crippen molar-refractivity contribution in [2.75, 3.05) is 17.2 Å². The molecule has 7 nitrogen and oxygen atoms in total. The normalized spacial score (nSPS) is 26.5. The zero-order chi connectivity index (χ0) is 19.3. The first-order valence-corrected chi connectivity index (χ1v) is 9.38. The molecule has 2 amide bonds. The van der Waals surface area contributed by atoms with Crippen LogP contribution in [0.2, 0.25) is 0 Å². The second kappa shape index (κ2) is 6.50. The Morgan fingerprint density at radius 1 is 1.33 bits per heavy atom. The number of para-hydroxylation sites is 1. The highest BCUT2D eigenvalue weighted by molar-refractivity contribution is 8.00. The van der Waals surface area contributed by atoms with Crippen molar-refractivity contribution >= 4 is 35.2 Å². The number of carboxylic acid groups (broad SMARTS) is 1. The number of nitrogens with zero attached hydrogens (tertiary/aromatic N) is 2. The molecule has 4 rings (SSSR count). The molecule has 2 saturated heterocycles. The zero-order valence-corrected chi connectivity index (χ0v) is 14.9. The van der Waals surface area contributed by atoms with E-state index >= 15 is 0 Å². The molecule has 9 heteroatoms. The van der Waals surface area contributed by atoms with Crippen LogP contribution in [-0.4, -0.2) is 51.5 Å². The number of hydrogen-bond donors (Lipinski definition) is 2. The lowest BCUT2D eigenvalue weighted by atomic mass is 10.0. The highest BCUT2D eigenvalue weighted by atomic mass is 32.2. The van der Waals surface area contributed by atoms with Crippen LogP contribution in [0.1, 0.15) is 6.42 Å². The van der Waals surface area contributed by atoms with Gasteiger partial charge in [0.15, 0.2) is 0 Å². The summed E-state index contributed by atoms with van der Waals surface area (Å²) in [6, 6.07) is 5.30. The number of allylic oxidation sites excluding steroid dienone is 1. The fourth-order valence-electron chi connectivity index (χ4n) is 3.51. The average molecular weight is 389 g/mol. The number of halogens is 1. The van der Waals surface area contributed by atoms with Gasteiger partial charge in [-0.2, -0.15) is 0 Å². The number of nitrogens with two attached hydrogens (primary N) is 1. The number of carboxylic acids is 1. The third kappa shape index (κ3) is 2.74. The highest BCUT2D eigenvalue weighted by Crippen LogP contribution is 2.40. The van der Waals surface area contributed by atoms with Gasteiger partial charge >= 0.3 is 5.97 Å². The van der Waals surface area contributed by atoms with Gasteiger partial charge < -0.3 is 15.7 Å². The number of fused-ring (bicyclic) bond motifs is 1. The van der Waals surface area contributed by atoms with Gasteiger partial charge in [-0.1, -0.05) is 12.1 Å². The fourth-order valence-corrected chi connectivity index (χ4v) is 4.76. The third-order valence-corrected chi connectivity index (χ3v) is 6.18. The molecule has 1 aromatic rings. The minimum absolute atomic E-state index is 0.130. The summed E-state index contributed by atoms with van der Waals surface area (Å²) in [5, 5.41) is 9.18. The minimum Gasteiger partial charge on any atom is -0.477 e. The summed E-state index contributed by atoms with van der Waals surface area (Å²) in [5.74, 6) is -2.19. The van der Waals surface area contributed by atoms with E-state index in [4.69, 9.17) is 5.73 Å². The Kier molecular flexibility index (Phi) is 4.27. The first-order chi connectivity index (χ1) is 12.9. The summed E-state index contributed by atoms with van der Waals surface area (Å²) in [7, 11) is 0. The number of benzene rings is 1. The van der Waals surface area contributed by atoms with Crippen molar-refractivity contribution in [1.82, 2.24) is 4.90 Å². The quantitative estimate of drug-likeness (QED) is 0.592. The Hall–Kier alpha value is -2.65. The molecule has 3 aliphatic heterocycles. The van der Waals surface area contributed by atoms with Crippen molar-refractivity contribution in [3.8, 4) is 0 Å². The van der Waals surface area contributed by atoms with E-state index in [1.807, 2.05) is 0 Å². The molecule has 0 saturated carbocycles. The molecular weight excluding hydrogens is 373 g/mol. The van der Waals surface area contributed by atoms with Crippen molar-refractivity contribution in [3.05, 3.63) is 53.0 Å². The third-order valence-electron chi connectivity index (χ3n) is 4.86. The first-order valence-electron chi connectivity index (χ1n) is 8.34. The Balaban J connectivity index is 1.67. The van der Waals surface area contributed by atoms with Crippen molar-refractivity contribution in [2.24, 2.45) is 5.73 Å². The van der Waals surface area contributed by atoms with E-state index in [-0.39, 0.29) is 22.7 Å². The molecule has 3 aliphatic rings. The standard InChI is InChI=1S/C18H16FN3O4S/c19-11-3-1-2-4-12(11)21-6-5-9(15(21)23)7-10-8-27-17-13(20)16(24)22(17)14(10)18(25)26/h1-4,7,13,17H,5-6,8,20H2,(H,25,26)/b9-7+/t13-,17-/m1/s1. The van der Waals surface area contributed by atoms with Crippen LogP contribution in [0.15, 0.2) is 47.2 Å². The number of carbonyl (C=O) groups excluding carboxylic acids is 2. The van der Waals surface area contributed by atoms with E-state index < -0.39 is 23.7 Å². The van der Waals surface area contributed by atoms with Crippen LogP contribution in [-0.2, 0) is 14.4 Å². The second-order valence-corrected chi connectivity index (χ2v) is 7.55. The predicted octanol–water partition coefficient (Wildman–Crippen LogP) is 1.07. The molecule has 3 heterocycles. The van der Waals surface area contributed by atoms with Crippen molar-refractivity contribution < 1.29 is 23.9 Å². The summed E-state index contributed by atoms with van der Waals surface area (Å²) in [4.78, 5) is 38.9. The highest BCUT2D eigenvalue weighted by Gasteiger charge is 2.51. The summed E-state index contributed by atoms with van der Waals surface area (Å²) in [6.45, 7) is 0.310. The van der Waals surface area contributed by atoms with Crippen LogP contribution in [0, 0.1) is 5.82 Å².